The number of methoxy groups -OCH3 is 1. The monoisotopic (exact) mass is 353 g/mol. The average Bonchev–Trinajstić information content (AvgIpc) is 3.41. The molecule has 1 saturated heterocycles. The summed E-state index contributed by atoms with van der Waals surface area (Å²) in [6, 6.07) is 10.9. The number of benzene rings is 1. The lowest BCUT2D eigenvalue weighted by molar-refractivity contribution is 0.0672. The van der Waals surface area contributed by atoms with Gasteiger partial charge in [0, 0.05) is 24.2 Å². The minimum Gasteiger partial charge on any atom is -0.497 e. The van der Waals surface area contributed by atoms with Gasteiger partial charge in [0.05, 0.1) is 18.8 Å². The van der Waals surface area contributed by atoms with Gasteiger partial charge < -0.3 is 18.7 Å². The second-order valence-corrected chi connectivity index (χ2v) is 6.33. The van der Waals surface area contributed by atoms with Gasteiger partial charge in [-0.1, -0.05) is 10.3 Å². The van der Waals surface area contributed by atoms with E-state index in [1.54, 1.807) is 18.1 Å². The molecule has 0 N–H and O–H groups in total. The van der Waals surface area contributed by atoms with Crippen molar-refractivity contribution in [2.75, 3.05) is 13.7 Å². The van der Waals surface area contributed by atoms with Gasteiger partial charge in [0.25, 0.3) is 5.91 Å². The highest BCUT2D eigenvalue weighted by Crippen LogP contribution is 2.34. The van der Waals surface area contributed by atoms with E-state index in [-0.39, 0.29) is 17.7 Å². The van der Waals surface area contributed by atoms with Gasteiger partial charge in [-0.05, 0) is 44.0 Å². The number of nitrogens with zero attached hydrogens (tertiary/aromatic N) is 3. The van der Waals surface area contributed by atoms with Crippen LogP contribution in [0.25, 0.3) is 11.3 Å². The number of amides is 1. The largest absolute Gasteiger partial charge is 0.497 e. The molecule has 26 heavy (non-hydrogen) atoms. The third-order valence-electron chi connectivity index (χ3n) is 4.60. The summed E-state index contributed by atoms with van der Waals surface area (Å²) in [4.78, 5) is 14.7. The first-order valence-electron chi connectivity index (χ1n) is 8.51. The zero-order chi connectivity index (χ0) is 18.1. The maximum absolute atomic E-state index is 12.9. The van der Waals surface area contributed by atoms with E-state index in [2.05, 4.69) is 10.3 Å². The maximum Gasteiger partial charge on any atom is 0.293 e. The lowest BCUT2D eigenvalue weighted by Crippen LogP contribution is -2.30. The Morgan fingerprint density at radius 3 is 2.69 bits per heavy atom. The molecule has 4 rings (SSSR count). The van der Waals surface area contributed by atoms with Gasteiger partial charge in [-0.2, -0.15) is 0 Å². The number of carbonyl (C=O) groups excluding carboxylic acids is 1. The van der Waals surface area contributed by atoms with Crippen molar-refractivity contribution >= 4 is 5.91 Å². The van der Waals surface area contributed by atoms with Crippen LogP contribution in [-0.2, 0) is 0 Å². The van der Waals surface area contributed by atoms with Crippen LogP contribution >= 0.6 is 0 Å². The summed E-state index contributed by atoms with van der Waals surface area (Å²) in [5, 5.41) is 7.96. The van der Waals surface area contributed by atoms with E-state index in [1.807, 2.05) is 37.3 Å². The zero-order valence-electron chi connectivity index (χ0n) is 14.6. The highest BCUT2D eigenvalue weighted by Gasteiger charge is 2.34. The molecule has 1 fully saturated rings. The second-order valence-electron chi connectivity index (χ2n) is 6.33. The summed E-state index contributed by atoms with van der Waals surface area (Å²) in [6.07, 6.45) is 1.76. The molecule has 1 amide bonds. The van der Waals surface area contributed by atoms with Crippen LogP contribution in [0.2, 0.25) is 0 Å². The summed E-state index contributed by atoms with van der Waals surface area (Å²) < 4.78 is 15.8. The molecule has 1 aliphatic heterocycles. The van der Waals surface area contributed by atoms with Gasteiger partial charge in [0.15, 0.2) is 5.76 Å². The van der Waals surface area contributed by atoms with Gasteiger partial charge in [-0.3, -0.25) is 4.79 Å². The average molecular weight is 353 g/mol. The quantitative estimate of drug-likeness (QED) is 0.712. The molecule has 0 aliphatic carbocycles. The number of aryl methyl sites for hydroxylation is 1. The van der Waals surface area contributed by atoms with Crippen LogP contribution in [0.15, 0.2) is 45.4 Å². The first-order valence-corrected chi connectivity index (χ1v) is 8.51. The molecule has 2 aromatic heterocycles. The Morgan fingerprint density at radius 2 is 2.00 bits per heavy atom. The Bertz CT molecular complexity index is 913. The van der Waals surface area contributed by atoms with Crippen molar-refractivity contribution in [2.24, 2.45) is 0 Å². The minimum absolute atomic E-state index is 0.113. The number of likely N-dealkylation sites (tertiary alicyclic amines) is 1. The Kier molecular flexibility index (Phi) is 4.20. The van der Waals surface area contributed by atoms with Crippen LogP contribution in [0.4, 0.5) is 0 Å². The van der Waals surface area contributed by atoms with Crippen molar-refractivity contribution in [3.63, 3.8) is 0 Å². The number of rotatable bonds is 4. The smallest absolute Gasteiger partial charge is 0.293 e. The summed E-state index contributed by atoms with van der Waals surface area (Å²) in [5.41, 5.74) is 2.28. The Hall–Kier alpha value is -3.09. The number of ether oxygens (including phenoxy) is 1. The van der Waals surface area contributed by atoms with Crippen molar-refractivity contribution in [3.8, 4) is 17.0 Å². The van der Waals surface area contributed by atoms with E-state index in [4.69, 9.17) is 13.8 Å². The molecular weight excluding hydrogens is 334 g/mol. The molecule has 1 atom stereocenters. The van der Waals surface area contributed by atoms with E-state index in [9.17, 15) is 4.79 Å². The Labute approximate surface area is 150 Å². The Balaban J connectivity index is 1.55. The van der Waals surface area contributed by atoms with Crippen molar-refractivity contribution in [3.05, 3.63) is 53.6 Å². The van der Waals surface area contributed by atoms with Crippen LogP contribution in [-0.4, -0.2) is 34.8 Å². The molecule has 0 bridgehead atoms. The number of hydrogen-bond donors (Lipinski definition) is 0. The van der Waals surface area contributed by atoms with Crippen molar-refractivity contribution in [1.29, 1.82) is 0 Å². The standard InChI is InChI=1S/C19H19N3O4/c1-12-10-17(25-20-12)16-4-3-9-22(16)19(23)18-11-15(21-26-18)13-5-7-14(24-2)8-6-13/h5-8,10-11,16H,3-4,9H2,1-2H3/t16-/m1/s1. The van der Waals surface area contributed by atoms with Crippen molar-refractivity contribution in [1.82, 2.24) is 15.2 Å². The summed E-state index contributed by atoms with van der Waals surface area (Å²) in [5.74, 6) is 1.51. The van der Waals surface area contributed by atoms with Gasteiger partial charge >= 0.3 is 0 Å². The molecule has 0 saturated carbocycles. The summed E-state index contributed by atoms with van der Waals surface area (Å²) in [7, 11) is 1.62. The second kappa shape index (κ2) is 6.67. The number of aromatic nitrogens is 2. The topological polar surface area (TPSA) is 81.6 Å². The molecule has 7 nitrogen and oxygen atoms in total. The first-order chi connectivity index (χ1) is 12.7. The van der Waals surface area contributed by atoms with Gasteiger partial charge in [-0.15, -0.1) is 0 Å². The number of hydrogen-bond acceptors (Lipinski definition) is 6. The zero-order valence-corrected chi connectivity index (χ0v) is 14.6. The van der Waals surface area contributed by atoms with Crippen LogP contribution in [0, 0.1) is 6.92 Å². The summed E-state index contributed by atoms with van der Waals surface area (Å²) >= 11 is 0. The predicted molar refractivity (Wildman–Crippen MR) is 92.7 cm³/mol. The normalized spacial score (nSPS) is 16.8. The Morgan fingerprint density at radius 1 is 1.19 bits per heavy atom. The molecule has 7 heteroatoms. The molecule has 3 aromatic rings. The molecular formula is C19H19N3O4. The number of carbonyl (C=O) groups is 1. The molecule has 1 aliphatic rings. The molecule has 0 radical (unpaired) electrons. The lowest BCUT2D eigenvalue weighted by Gasteiger charge is -2.20. The van der Waals surface area contributed by atoms with Gasteiger partial charge in [0.2, 0.25) is 5.76 Å². The summed E-state index contributed by atoms with van der Waals surface area (Å²) in [6.45, 7) is 2.52. The lowest BCUT2D eigenvalue weighted by atomic mass is 10.1. The van der Waals surface area contributed by atoms with E-state index >= 15 is 0 Å². The van der Waals surface area contributed by atoms with E-state index < -0.39 is 0 Å². The van der Waals surface area contributed by atoms with Gasteiger partial charge in [-0.25, -0.2) is 0 Å². The fourth-order valence-electron chi connectivity index (χ4n) is 3.26. The molecule has 134 valence electrons. The fourth-order valence-corrected chi connectivity index (χ4v) is 3.26. The minimum atomic E-state index is -0.186. The van der Waals surface area contributed by atoms with Crippen molar-refractivity contribution < 1.29 is 18.6 Å². The molecule has 0 unspecified atom stereocenters. The van der Waals surface area contributed by atoms with E-state index in [1.165, 1.54) is 0 Å². The SMILES string of the molecule is COc1ccc(-c2cc(C(=O)N3CCC[C@@H]3c3cc(C)no3)on2)cc1. The third-order valence-corrected chi connectivity index (χ3v) is 4.60. The van der Waals surface area contributed by atoms with Crippen LogP contribution in [0.1, 0.15) is 40.9 Å². The van der Waals surface area contributed by atoms with Crippen molar-refractivity contribution in [2.45, 2.75) is 25.8 Å². The maximum atomic E-state index is 12.9. The van der Waals surface area contributed by atoms with Crippen LogP contribution < -0.4 is 4.74 Å². The van der Waals surface area contributed by atoms with E-state index in [0.29, 0.717) is 18.0 Å². The van der Waals surface area contributed by atoms with E-state index in [0.717, 1.165) is 29.8 Å². The van der Waals surface area contributed by atoms with Gasteiger partial charge in [0.1, 0.15) is 11.4 Å². The highest BCUT2D eigenvalue weighted by molar-refractivity contribution is 5.92. The molecule has 3 heterocycles. The first kappa shape index (κ1) is 16.4. The predicted octanol–water partition coefficient (Wildman–Crippen LogP) is 3.62. The van der Waals surface area contributed by atoms with Crippen LogP contribution in [0.5, 0.6) is 5.75 Å². The third kappa shape index (κ3) is 2.96. The highest BCUT2D eigenvalue weighted by atomic mass is 16.5. The molecule has 1 aromatic carbocycles. The fraction of sp³-hybridized carbons (Fsp3) is 0.316. The van der Waals surface area contributed by atoms with Crippen LogP contribution in [0.3, 0.4) is 0 Å². The molecule has 0 spiro atoms.